The van der Waals surface area contributed by atoms with Gasteiger partial charge >= 0.3 is 6.09 Å². The molecule has 49 heavy (non-hydrogen) atoms. The Morgan fingerprint density at radius 1 is 0.816 bits per heavy atom. The number of hydrogen-bond donors (Lipinski definition) is 4. The summed E-state index contributed by atoms with van der Waals surface area (Å²) in [6.45, 7) is 12.0. The molecule has 2 atom stereocenters. The molecule has 264 valence electrons. The summed E-state index contributed by atoms with van der Waals surface area (Å²) in [5.74, 6) is 0.831. The molecule has 2 aromatic rings. The maximum Gasteiger partial charge on any atom is 0.410 e. The molecule has 6 rings (SSSR count). The van der Waals surface area contributed by atoms with Gasteiger partial charge in [-0.25, -0.2) is 14.8 Å². The molecule has 15 heteroatoms. The van der Waals surface area contributed by atoms with Gasteiger partial charge in [0.2, 0.25) is 23.6 Å². The first-order valence-electron chi connectivity index (χ1n) is 17.0. The van der Waals surface area contributed by atoms with Crippen LogP contribution in [0.2, 0.25) is 0 Å². The van der Waals surface area contributed by atoms with Gasteiger partial charge < -0.3 is 30.1 Å². The molecule has 0 saturated carbocycles. The average molecular weight is 678 g/mol. The number of ether oxygens (including phenoxy) is 1. The number of amides is 5. The van der Waals surface area contributed by atoms with Crippen LogP contribution in [0.3, 0.4) is 0 Å². The van der Waals surface area contributed by atoms with Crippen LogP contribution < -0.4 is 31.1 Å². The molecule has 4 saturated heterocycles. The summed E-state index contributed by atoms with van der Waals surface area (Å²) in [6.07, 6.45) is 5.75. The van der Waals surface area contributed by atoms with Crippen LogP contribution in [-0.4, -0.2) is 109 Å². The first-order valence-corrected chi connectivity index (χ1v) is 17.0. The minimum atomic E-state index is -0.499. The Balaban J connectivity index is 0.000000199. The van der Waals surface area contributed by atoms with E-state index in [1.165, 1.54) is 0 Å². The van der Waals surface area contributed by atoms with Crippen molar-refractivity contribution in [2.24, 2.45) is 5.92 Å². The number of rotatable bonds is 6. The Hall–Kier alpha value is -4.79. The van der Waals surface area contributed by atoms with Gasteiger partial charge in [0.05, 0.1) is 11.9 Å². The number of carbonyl (C=O) groups is 5. The van der Waals surface area contributed by atoms with E-state index < -0.39 is 11.6 Å². The van der Waals surface area contributed by atoms with Gasteiger partial charge in [-0.05, 0) is 63.8 Å². The second-order valence-corrected chi connectivity index (χ2v) is 13.6. The molecule has 4 fully saturated rings. The normalized spacial score (nSPS) is 21.7. The first-order chi connectivity index (χ1) is 23.4. The zero-order chi connectivity index (χ0) is 35.0. The first kappa shape index (κ1) is 35.5. The van der Waals surface area contributed by atoms with Crippen molar-refractivity contribution in [2.45, 2.75) is 64.5 Å². The fourth-order valence-corrected chi connectivity index (χ4v) is 5.97. The third-order valence-corrected chi connectivity index (χ3v) is 8.67. The second-order valence-electron chi connectivity index (χ2n) is 13.6. The van der Waals surface area contributed by atoms with Crippen LogP contribution in [0.15, 0.2) is 36.7 Å². The molecule has 2 unspecified atom stereocenters. The van der Waals surface area contributed by atoms with Gasteiger partial charge in [-0.1, -0.05) is 6.07 Å². The van der Waals surface area contributed by atoms with Crippen molar-refractivity contribution in [1.29, 1.82) is 0 Å². The molecule has 5 amide bonds. The molecular formula is C34H47N9O6. The summed E-state index contributed by atoms with van der Waals surface area (Å²) in [5.41, 5.74) is 1.27. The van der Waals surface area contributed by atoms with Crippen molar-refractivity contribution in [3.63, 3.8) is 0 Å². The summed E-state index contributed by atoms with van der Waals surface area (Å²) in [4.78, 5) is 73.1. The number of imide groups is 2. The zero-order valence-electron chi connectivity index (χ0n) is 28.5. The number of nitrogens with zero attached hydrogens (tertiary/aromatic N) is 5. The fourth-order valence-electron chi connectivity index (χ4n) is 5.97. The number of aromatic nitrogens is 2. The highest BCUT2D eigenvalue weighted by molar-refractivity contribution is 6.01. The lowest BCUT2D eigenvalue weighted by molar-refractivity contribution is -0.137. The van der Waals surface area contributed by atoms with Gasteiger partial charge in [-0.3, -0.25) is 29.8 Å². The molecule has 0 spiro atoms. The van der Waals surface area contributed by atoms with Crippen LogP contribution >= 0.6 is 0 Å². The lowest BCUT2D eigenvalue weighted by atomic mass is 9.92. The van der Waals surface area contributed by atoms with Crippen LogP contribution in [0.4, 0.5) is 22.1 Å². The van der Waals surface area contributed by atoms with Crippen LogP contribution in [0.5, 0.6) is 0 Å². The van der Waals surface area contributed by atoms with Gasteiger partial charge in [0.1, 0.15) is 23.3 Å². The van der Waals surface area contributed by atoms with E-state index in [1.807, 2.05) is 51.2 Å². The lowest BCUT2D eigenvalue weighted by Crippen LogP contribution is -2.50. The molecule has 4 aliphatic rings. The van der Waals surface area contributed by atoms with Crippen molar-refractivity contribution >= 4 is 47.0 Å². The molecular weight excluding hydrogens is 630 g/mol. The highest BCUT2D eigenvalue weighted by atomic mass is 16.6. The van der Waals surface area contributed by atoms with Gasteiger partial charge in [0.15, 0.2) is 0 Å². The Kier molecular flexibility index (Phi) is 11.6. The van der Waals surface area contributed by atoms with Gasteiger partial charge in [-0.2, -0.15) is 0 Å². The van der Waals surface area contributed by atoms with Crippen molar-refractivity contribution in [3.05, 3.63) is 42.2 Å². The van der Waals surface area contributed by atoms with E-state index in [0.29, 0.717) is 58.3 Å². The van der Waals surface area contributed by atoms with E-state index in [9.17, 15) is 24.0 Å². The Bertz CT molecular complexity index is 1480. The molecule has 0 bridgehead atoms. The SMILES string of the molecule is CC(C)(C)OC(=O)N1CCN(c2ccc(NC3CCC(=O)NC3=O)cn2)CC1.O=C1CCC(Cc2ccc(N3CCNCC3)nc2)C(=O)N1. The third-order valence-electron chi connectivity index (χ3n) is 8.67. The van der Waals surface area contributed by atoms with Crippen LogP contribution in [0.1, 0.15) is 52.0 Å². The van der Waals surface area contributed by atoms with E-state index in [4.69, 9.17) is 4.74 Å². The topological polar surface area (TPSA) is 178 Å². The quantitative estimate of drug-likeness (QED) is 0.324. The zero-order valence-corrected chi connectivity index (χ0v) is 28.5. The summed E-state index contributed by atoms with van der Waals surface area (Å²) in [6, 6.07) is 7.38. The maximum atomic E-state index is 12.1. The van der Waals surface area contributed by atoms with Gasteiger partial charge in [-0.15, -0.1) is 0 Å². The molecule has 0 radical (unpaired) electrons. The summed E-state index contributed by atoms with van der Waals surface area (Å²) >= 11 is 0. The number of anilines is 3. The Morgan fingerprint density at radius 3 is 2.00 bits per heavy atom. The molecule has 6 heterocycles. The number of carbonyl (C=O) groups excluding carboxylic acids is 5. The predicted octanol–water partition coefficient (Wildman–Crippen LogP) is 1.44. The lowest BCUT2D eigenvalue weighted by Gasteiger charge is -2.36. The number of piperazine rings is 2. The molecule has 4 N–H and O–H groups in total. The largest absolute Gasteiger partial charge is 0.444 e. The highest BCUT2D eigenvalue weighted by Crippen LogP contribution is 2.21. The minimum Gasteiger partial charge on any atom is -0.444 e. The average Bonchev–Trinajstić information content (AvgIpc) is 3.08. The minimum absolute atomic E-state index is 0.116. The molecule has 4 aliphatic heterocycles. The standard InChI is InChI=1S/C19H27N5O4.C15H20N4O2/c1-19(2,3)28-18(27)24-10-8-23(9-11-24)15-6-4-13(12-20-15)21-14-5-7-16(25)22-17(14)26;20-14-4-2-12(15(21)18-14)9-11-1-3-13(17-10-11)19-7-5-16-6-8-19/h4,6,12,14,21H,5,7-11H2,1-3H3,(H,22,25,26);1,3,10,12,16H,2,4-9H2,(H,18,20,21). The summed E-state index contributed by atoms with van der Waals surface area (Å²) in [7, 11) is 0. The van der Waals surface area contributed by atoms with Gasteiger partial charge in [0.25, 0.3) is 0 Å². The van der Waals surface area contributed by atoms with E-state index in [0.717, 1.165) is 49.1 Å². The second kappa shape index (κ2) is 16.1. The predicted molar refractivity (Wildman–Crippen MR) is 183 cm³/mol. The van der Waals surface area contributed by atoms with Crippen molar-refractivity contribution in [2.75, 3.05) is 67.5 Å². The molecule has 0 aliphatic carbocycles. The number of hydrogen-bond acceptors (Lipinski definition) is 12. The maximum absolute atomic E-state index is 12.1. The van der Waals surface area contributed by atoms with Crippen molar-refractivity contribution in [1.82, 2.24) is 30.8 Å². The fraction of sp³-hybridized carbons (Fsp3) is 0.559. The number of pyridine rings is 2. The number of nitrogens with one attached hydrogen (secondary N) is 4. The van der Waals surface area contributed by atoms with Crippen LogP contribution in [-0.2, 0) is 30.3 Å². The van der Waals surface area contributed by atoms with Crippen LogP contribution in [0, 0.1) is 5.92 Å². The van der Waals surface area contributed by atoms with E-state index in [2.05, 4.69) is 41.0 Å². The molecule has 2 aromatic heterocycles. The highest BCUT2D eigenvalue weighted by Gasteiger charge is 2.29. The smallest absolute Gasteiger partial charge is 0.410 e. The Morgan fingerprint density at radius 2 is 1.43 bits per heavy atom. The van der Waals surface area contributed by atoms with E-state index >= 15 is 0 Å². The van der Waals surface area contributed by atoms with Crippen molar-refractivity contribution < 1.29 is 28.7 Å². The van der Waals surface area contributed by atoms with Crippen molar-refractivity contribution in [3.8, 4) is 0 Å². The van der Waals surface area contributed by atoms with E-state index in [1.54, 1.807) is 11.1 Å². The summed E-state index contributed by atoms with van der Waals surface area (Å²) in [5, 5.41) is 11.2. The Labute approximate surface area is 286 Å². The van der Waals surface area contributed by atoms with E-state index in [-0.39, 0.29) is 35.6 Å². The number of piperidine rings is 2. The molecule has 0 aromatic carbocycles. The van der Waals surface area contributed by atoms with Gasteiger partial charge in [0, 0.05) is 77.3 Å². The molecule has 15 nitrogen and oxygen atoms in total. The third kappa shape index (κ3) is 10.3. The van der Waals surface area contributed by atoms with Crippen LogP contribution in [0.25, 0.3) is 0 Å². The summed E-state index contributed by atoms with van der Waals surface area (Å²) < 4.78 is 5.41. The monoisotopic (exact) mass is 677 g/mol.